The summed E-state index contributed by atoms with van der Waals surface area (Å²) in [4.78, 5) is 20.0. The van der Waals surface area contributed by atoms with Gasteiger partial charge in [-0.3, -0.25) is 4.79 Å². The number of nitrogens with zero attached hydrogens (tertiary/aromatic N) is 3. The van der Waals surface area contributed by atoms with E-state index in [0.717, 1.165) is 10.4 Å². The molecular weight excluding hydrogens is 452 g/mol. The van der Waals surface area contributed by atoms with Crippen LogP contribution < -0.4 is 5.14 Å². The monoisotopic (exact) mass is 472 g/mol. The summed E-state index contributed by atoms with van der Waals surface area (Å²) in [5.41, 5.74) is 1.34. The minimum Gasteiger partial charge on any atom is -0.337 e. The lowest BCUT2D eigenvalue weighted by Crippen LogP contribution is -2.31. The van der Waals surface area contributed by atoms with Crippen molar-refractivity contribution in [2.45, 2.75) is 37.0 Å². The number of primary sulfonamides is 1. The van der Waals surface area contributed by atoms with Crippen LogP contribution in [0.1, 0.15) is 18.7 Å². The number of benzene rings is 1. The Labute approximate surface area is 182 Å². The number of aryl methyl sites for hydroxylation is 1. The summed E-state index contributed by atoms with van der Waals surface area (Å²) < 4.78 is 25.8. The van der Waals surface area contributed by atoms with E-state index in [9.17, 15) is 13.2 Å². The third-order valence-corrected chi connectivity index (χ3v) is 7.45. The van der Waals surface area contributed by atoms with Crippen LogP contribution in [0.4, 0.5) is 0 Å². The molecule has 7 nitrogen and oxygen atoms in total. The smallest absolute Gasteiger partial charge is 0.238 e. The van der Waals surface area contributed by atoms with Crippen LogP contribution in [0.15, 0.2) is 40.4 Å². The van der Waals surface area contributed by atoms with Crippen molar-refractivity contribution >= 4 is 61.7 Å². The molecule has 11 heteroatoms. The van der Waals surface area contributed by atoms with Crippen molar-refractivity contribution in [3.8, 4) is 0 Å². The summed E-state index contributed by atoms with van der Waals surface area (Å²) in [6.45, 7) is 5.67. The second-order valence-corrected chi connectivity index (χ2v) is 10.5. The number of halogens is 1. The van der Waals surface area contributed by atoms with Crippen LogP contribution in [0, 0.1) is 0 Å². The van der Waals surface area contributed by atoms with Gasteiger partial charge in [0.2, 0.25) is 15.9 Å². The van der Waals surface area contributed by atoms with Crippen molar-refractivity contribution in [2.75, 3.05) is 12.3 Å². The first kappa shape index (κ1) is 22.1. The molecule has 0 fully saturated rings. The highest BCUT2D eigenvalue weighted by Gasteiger charge is 2.18. The van der Waals surface area contributed by atoms with Gasteiger partial charge in [0, 0.05) is 18.0 Å². The van der Waals surface area contributed by atoms with E-state index in [2.05, 4.69) is 4.98 Å². The third kappa shape index (κ3) is 5.13. The van der Waals surface area contributed by atoms with Gasteiger partial charge in [-0.1, -0.05) is 23.4 Å². The summed E-state index contributed by atoms with van der Waals surface area (Å²) in [6.07, 6.45) is 0. The zero-order valence-corrected chi connectivity index (χ0v) is 19.2. The molecule has 0 saturated carbocycles. The van der Waals surface area contributed by atoms with E-state index in [1.165, 1.54) is 35.2 Å². The summed E-state index contributed by atoms with van der Waals surface area (Å²) in [5.74, 6) is 0.236. The number of hydrogen-bond acceptors (Lipinski definition) is 6. The van der Waals surface area contributed by atoms with Gasteiger partial charge in [-0.15, -0.1) is 11.3 Å². The van der Waals surface area contributed by atoms with E-state index in [1.54, 1.807) is 11.0 Å². The number of fused-ring (bicyclic) bond motifs is 1. The van der Waals surface area contributed by atoms with Crippen LogP contribution in [0.2, 0.25) is 4.34 Å². The lowest BCUT2D eigenvalue weighted by molar-refractivity contribution is -0.128. The standard InChI is InChI=1S/C18H21ClN4O3S3/c1-3-22(10-12-5-8-16(19)28-12)17(24)11-27-18-21-14-9-13(29(20,25)26)6-7-15(14)23(18)4-2/h5-9H,3-4,10-11H2,1-2H3,(H2,20,25,26). The lowest BCUT2D eigenvalue weighted by Gasteiger charge is -2.19. The number of carbonyl (C=O) groups excluding carboxylic acids is 1. The maximum absolute atomic E-state index is 12.7. The molecule has 0 aliphatic carbocycles. The van der Waals surface area contributed by atoms with Gasteiger partial charge >= 0.3 is 0 Å². The van der Waals surface area contributed by atoms with Gasteiger partial charge in [0.15, 0.2) is 5.16 Å². The minimum absolute atomic E-state index is 0.00181. The Balaban J connectivity index is 1.77. The molecule has 3 rings (SSSR count). The largest absolute Gasteiger partial charge is 0.337 e. The van der Waals surface area contributed by atoms with Gasteiger partial charge in [-0.2, -0.15) is 0 Å². The Morgan fingerprint density at radius 3 is 2.66 bits per heavy atom. The fourth-order valence-corrected chi connectivity index (χ4v) is 5.52. The maximum Gasteiger partial charge on any atom is 0.238 e. The molecule has 1 aromatic carbocycles. The van der Waals surface area contributed by atoms with Gasteiger partial charge in [0.05, 0.1) is 32.6 Å². The van der Waals surface area contributed by atoms with Crippen molar-refractivity contribution in [3.63, 3.8) is 0 Å². The first-order valence-electron chi connectivity index (χ1n) is 8.90. The van der Waals surface area contributed by atoms with Crippen molar-refractivity contribution in [1.82, 2.24) is 14.5 Å². The minimum atomic E-state index is -3.80. The molecule has 2 heterocycles. The van der Waals surface area contributed by atoms with E-state index in [1.807, 2.05) is 30.5 Å². The number of hydrogen-bond donors (Lipinski definition) is 1. The Morgan fingerprint density at radius 2 is 2.07 bits per heavy atom. The fourth-order valence-electron chi connectivity index (χ4n) is 2.90. The van der Waals surface area contributed by atoms with Gasteiger partial charge in [-0.25, -0.2) is 18.5 Å². The quantitative estimate of drug-likeness (QED) is 0.505. The Hall–Kier alpha value is -1.59. The first-order valence-corrected chi connectivity index (χ1v) is 12.6. The molecule has 156 valence electrons. The van der Waals surface area contributed by atoms with Crippen LogP contribution in [-0.2, 0) is 27.9 Å². The molecule has 3 aromatic rings. The molecule has 29 heavy (non-hydrogen) atoms. The number of thiophene rings is 1. The Bertz CT molecular complexity index is 1140. The zero-order valence-electron chi connectivity index (χ0n) is 16.0. The molecule has 2 aromatic heterocycles. The van der Waals surface area contributed by atoms with E-state index in [0.29, 0.717) is 34.6 Å². The summed E-state index contributed by atoms with van der Waals surface area (Å²) >= 11 is 8.77. The van der Waals surface area contributed by atoms with E-state index in [-0.39, 0.29) is 16.6 Å². The van der Waals surface area contributed by atoms with Gasteiger partial charge in [0.25, 0.3) is 0 Å². The normalized spacial score (nSPS) is 11.9. The summed E-state index contributed by atoms with van der Waals surface area (Å²) in [5, 5.41) is 5.88. The third-order valence-electron chi connectivity index (χ3n) is 4.36. The highest BCUT2D eigenvalue weighted by atomic mass is 35.5. The van der Waals surface area contributed by atoms with E-state index < -0.39 is 10.0 Å². The number of rotatable bonds is 8. The highest BCUT2D eigenvalue weighted by Crippen LogP contribution is 2.27. The molecule has 0 aliphatic heterocycles. The molecule has 0 unspecified atom stereocenters. The topological polar surface area (TPSA) is 98.3 Å². The molecule has 0 radical (unpaired) electrons. The average molecular weight is 473 g/mol. The van der Waals surface area contributed by atoms with Crippen molar-refractivity contribution < 1.29 is 13.2 Å². The van der Waals surface area contributed by atoms with Gasteiger partial charge < -0.3 is 9.47 Å². The van der Waals surface area contributed by atoms with Crippen LogP contribution in [0.3, 0.4) is 0 Å². The second-order valence-electron chi connectivity index (χ2n) is 6.24. The van der Waals surface area contributed by atoms with Crippen LogP contribution >= 0.6 is 34.7 Å². The van der Waals surface area contributed by atoms with Gasteiger partial charge in [0.1, 0.15) is 0 Å². The molecule has 2 N–H and O–H groups in total. The van der Waals surface area contributed by atoms with Gasteiger partial charge in [-0.05, 0) is 44.2 Å². The average Bonchev–Trinajstić information content (AvgIpc) is 3.25. The van der Waals surface area contributed by atoms with Crippen LogP contribution in [0.5, 0.6) is 0 Å². The summed E-state index contributed by atoms with van der Waals surface area (Å²) in [6, 6.07) is 8.37. The molecule has 0 saturated heterocycles. The molecule has 1 amide bonds. The fraction of sp³-hybridized carbons (Fsp3) is 0.333. The molecule has 0 bridgehead atoms. The predicted octanol–water partition coefficient (Wildman–Crippen LogP) is 3.56. The number of sulfonamides is 1. The van der Waals surface area contributed by atoms with Crippen molar-refractivity contribution in [2.24, 2.45) is 5.14 Å². The number of nitrogens with two attached hydrogens (primary N) is 1. The Kier molecular flexibility index (Phi) is 6.90. The molecule has 0 atom stereocenters. The zero-order chi connectivity index (χ0) is 21.2. The Morgan fingerprint density at radius 1 is 1.31 bits per heavy atom. The van der Waals surface area contributed by atoms with E-state index >= 15 is 0 Å². The second kappa shape index (κ2) is 9.05. The van der Waals surface area contributed by atoms with Crippen molar-refractivity contribution in [3.05, 3.63) is 39.5 Å². The summed E-state index contributed by atoms with van der Waals surface area (Å²) in [7, 11) is -3.80. The predicted molar refractivity (Wildman–Crippen MR) is 118 cm³/mol. The lowest BCUT2D eigenvalue weighted by atomic mass is 10.3. The maximum atomic E-state index is 12.7. The number of carbonyl (C=O) groups is 1. The van der Waals surface area contributed by atoms with Crippen LogP contribution in [0.25, 0.3) is 11.0 Å². The molecule has 0 spiro atoms. The molecule has 0 aliphatic rings. The first-order chi connectivity index (χ1) is 13.7. The number of aromatic nitrogens is 2. The number of thioether (sulfide) groups is 1. The molecular formula is C18H21ClN4O3S3. The van der Waals surface area contributed by atoms with E-state index in [4.69, 9.17) is 16.7 Å². The SMILES string of the molecule is CCN(Cc1ccc(Cl)s1)C(=O)CSc1nc2cc(S(N)(=O)=O)ccc2n1CC. The van der Waals surface area contributed by atoms with Crippen LogP contribution in [-0.4, -0.2) is 41.1 Å². The number of imidazole rings is 1. The van der Waals surface area contributed by atoms with Crippen molar-refractivity contribution in [1.29, 1.82) is 0 Å². The highest BCUT2D eigenvalue weighted by molar-refractivity contribution is 7.99. The number of amides is 1.